The van der Waals surface area contributed by atoms with Gasteiger partial charge in [0.1, 0.15) is 0 Å². The number of rotatable bonds is 2. The van der Waals surface area contributed by atoms with Crippen molar-refractivity contribution in [3.63, 3.8) is 0 Å². The number of benzene rings is 3. The van der Waals surface area contributed by atoms with Gasteiger partial charge in [-0.05, 0) is 69.5 Å². The van der Waals surface area contributed by atoms with Gasteiger partial charge in [0.05, 0.1) is 6.04 Å². The molecule has 0 heterocycles. The van der Waals surface area contributed by atoms with Crippen molar-refractivity contribution in [1.82, 2.24) is 0 Å². The maximum atomic E-state index is 6.65. The molecule has 0 spiro atoms. The zero-order valence-electron chi connectivity index (χ0n) is 12.2. The van der Waals surface area contributed by atoms with Crippen LogP contribution in [0.4, 0.5) is 0 Å². The topological polar surface area (TPSA) is 26.0 Å². The molecule has 0 aliphatic rings. The van der Waals surface area contributed by atoms with Crippen LogP contribution in [0, 0.1) is 17.4 Å². The van der Waals surface area contributed by atoms with E-state index >= 15 is 0 Å². The summed E-state index contributed by atoms with van der Waals surface area (Å²) in [6, 6.07) is 19.1. The van der Waals surface area contributed by atoms with E-state index in [1.807, 2.05) is 0 Å². The lowest BCUT2D eigenvalue weighted by atomic mass is 9.90. The number of nitrogens with two attached hydrogens (primary N) is 1. The minimum atomic E-state index is -0.0945. The van der Waals surface area contributed by atoms with Crippen LogP contribution in [0.25, 0.3) is 10.8 Å². The Morgan fingerprint density at radius 2 is 1.62 bits per heavy atom. The molecule has 0 saturated carbocycles. The third-order valence-corrected chi connectivity index (χ3v) is 5.53. The summed E-state index contributed by atoms with van der Waals surface area (Å²) in [7, 11) is 0. The summed E-state index contributed by atoms with van der Waals surface area (Å²) < 4.78 is 1.26. The minimum Gasteiger partial charge on any atom is -0.320 e. The monoisotopic (exact) mass is 387 g/mol. The average molecular weight is 387 g/mol. The molecule has 0 saturated heterocycles. The Morgan fingerprint density at radius 3 is 2.43 bits per heavy atom. The van der Waals surface area contributed by atoms with Gasteiger partial charge < -0.3 is 5.73 Å². The number of hydrogen-bond donors (Lipinski definition) is 1. The first-order chi connectivity index (χ1) is 10.1. The third-order valence-electron chi connectivity index (χ3n) is 4.06. The zero-order chi connectivity index (χ0) is 15.0. The predicted molar refractivity (Wildman–Crippen MR) is 98.6 cm³/mol. The van der Waals surface area contributed by atoms with Gasteiger partial charge in [0.15, 0.2) is 0 Å². The van der Waals surface area contributed by atoms with Crippen LogP contribution in [0.15, 0.2) is 54.6 Å². The highest BCUT2D eigenvalue weighted by Gasteiger charge is 2.17. The predicted octanol–water partition coefficient (Wildman–Crippen LogP) is 5.11. The first-order valence-corrected chi connectivity index (χ1v) is 8.16. The highest BCUT2D eigenvalue weighted by Crippen LogP contribution is 2.33. The maximum Gasteiger partial charge on any atom is 0.0570 e. The Bertz CT molecular complexity index is 808. The molecule has 3 aromatic rings. The van der Waals surface area contributed by atoms with E-state index in [0.717, 1.165) is 0 Å². The van der Waals surface area contributed by atoms with E-state index < -0.39 is 0 Å². The van der Waals surface area contributed by atoms with Crippen LogP contribution >= 0.6 is 22.6 Å². The van der Waals surface area contributed by atoms with Gasteiger partial charge in [-0.1, -0.05) is 54.6 Å². The van der Waals surface area contributed by atoms with E-state index in [2.05, 4.69) is 91.0 Å². The molecule has 0 aliphatic heterocycles. The highest BCUT2D eigenvalue weighted by molar-refractivity contribution is 14.1. The smallest absolute Gasteiger partial charge is 0.0570 e. The van der Waals surface area contributed by atoms with E-state index in [1.165, 1.54) is 36.6 Å². The quantitative estimate of drug-likeness (QED) is 0.608. The molecule has 0 radical (unpaired) electrons. The van der Waals surface area contributed by atoms with Crippen LogP contribution in [0.5, 0.6) is 0 Å². The van der Waals surface area contributed by atoms with Crippen LogP contribution in [0.2, 0.25) is 0 Å². The SMILES string of the molecule is Cc1cccc(C(N)c2c(C)ccc3ccccc23)c1I. The third kappa shape index (κ3) is 2.58. The molecule has 0 aliphatic carbocycles. The molecule has 0 fully saturated rings. The van der Waals surface area contributed by atoms with Crippen molar-refractivity contribution in [2.45, 2.75) is 19.9 Å². The molecule has 106 valence electrons. The Hall–Kier alpha value is -1.39. The molecular formula is C19H18IN. The summed E-state index contributed by atoms with van der Waals surface area (Å²) in [5, 5.41) is 2.50. The van der Waals surface area contributed by atoms with Crippen molar-refractivity contribution in [3.8, 4) is 0 Å². The fraction of sp³-hybridized carbons (Fsp3) is 0.158. The number of fused-ring (bicyclic) bond motifs is 1. The number of aryl methyl sites for hydroxylation is 2. The highest BCUT2D eigenvalue weighted by atomic mass is 127. The van der Waals surface area contributed by atoms with Crippen LogP contribution in [0.1, 0.15) is 28.3 Å². The molecule has 2 N–H and O–H groups in total. The summed E-state index contributed by atoms with van der Waals surface area (Å²) in [5.41, 5.74) is 11.6. The van der Waals surface area contributed by atoms with Crippen molar-refractivity contribution < 1.29 is 0 Å². The van der Waals surface area contributed by atoms with Gasteiger partial charge >= 0.3 is 0 Å². The summed E-state index contributed by atoms with van der Waals surface area (Å²) in [5.74, 6) is 0. The van der Waals surface area contributed by atoms with Gasteiger partial charge in [-0.3, -0.25) is 0 Å². The second-order valence-electron chi connectivity index (χ2n) is 5.47. The second kappa shape index (κ2) is 5.78. The molecule has 3 rings (SSSR count). The van der Waals surface area contributed by atoms with Gasteiger partial charge in [0.2, 0.25) is 0 Å². The number of halogens is 1. The van der Waals surface area contributed by atoms with Gasteiger partial charge in [0, 0.05) is 3.57 Å². The van der Waals surface area contributed by atoms with Crippen molar-refractivity contribution in [3.05, 3.63) is 80.4 Å². The number of hydrogen-bond acceptors (Lipinski definition) is 1. The summed E-state index contributed by atoms with van der Waals surface area (Å²) >= 11 is 2.40. The van der Waals surface area contributed by atoms with E-state index in [0.29, 0.717) is 0 Å². The summed E-state index contributed by atoms with van der Waals surface area (Å²) in [6.45, 7) is 4.28. The lowest BCUT2D eigenvalue weighted by Gasteiger charge is -2.20. The fourth-order valence-electron chi connectivity index (χ4n) is 2.88. The fourth-order valence-corrected chi connectivity index (χ4v) is 3.58. The van der Waals surface area contributed by atoms with E-state index in [-0.39, 0.29) is 6.04 Å². The molecule has 0 bridgehead atoms. The lowest BCUT2D eigenvalue weighted by molar-refractivity contribution is 0.863. The Kier molecular flexibility index (Phi) is 4.00. The van der Waals surface area contributed by atoms with Gasteiger partial charge in [-0.15, -0.1) is 0 Å². The van der Waals surface area contributed by atoms with Crippen molar-refractivity contribution in [2.75, 3.05) is 0 Å². The molecular weight excluding hydrogens is 369 g/mol. The lowest BCUT2D eigenvalue weighted by Crippen LogP contribution is -2.15. The minimum absolute atomic E-state index is 0.0945. The Balaban J connectivity index is 2.24. The van der Waals surface area contributed by atoms with E-state index in [4.69, 9.17) is 5.73 Å². The van der Waals surface area contributed by atoms with E-state index in [1.54, 1.807) is 0 Å². The molecule has 1 nitrogen and oxygen atoms in total. The van der Waals surface area contributed by atoms with Gasteiger partial charge in [-0.2, -0.15) is 0 Å². The second-order valence-corrected chi connectivity index (χ2v) is 6.55. The molecule has 2 heteroatoms. The zero-order valence-corrected chi connectivity index (χ0v) is 14.4. The first-order valence-electron chi connectivity index (χ1n) is 7.08. The van der Waals surface area contributed by atoms with Crippen molar-refractivity contribution in [2.24, 2.45) is 5.73 Å². The molecule has 3 aromatic carbocycles. The van der Waals surface area contributed by atoms with Gasteiger partial charge in [-0.25, -0.2) is 0 Å². The maximum absolute atomic E-state index is 6.65. The molecule has 1 atom stereocenters. The Labute approximate surface area is 139 Å². The van der Waals surface area contributed by atoms with Crippen molar-refractivity contribution >= 4 is 33.4 Å². The summed E-state index contributed by atoms with van der Waals surface area (Å²) in [4.78, 5) is 0. The standard InChI is InChI=1S/C19H18IN/c1-12-10-11-14-7-3-4-8-15(14)17(12)19(21)16-9-5-6-13(2)18(16)20/h3-11,19H,21H2,1-2H3. The normalized spacial score (nSPS) is 12.6. The van der Waals surface area contributed by atoms with Crippen LogP contribution in [0.3, 0.4) is 0 Å². The van der Waals surface area contributed by atoms with Crippen LogP contribution < -0.4 is 5.73 Å². The molecule has 0 aromatic heterocycles. The molecule has 0 amide bonds. The molecule has 21 heavy (non-hydrogen) atoms. The first kappa shape index (κ1) is 14.5. The average Bonchev–Trinajstić information content (AvgIpc) is 2.49. The Morgan fingerprint density at radius 1 is 0.857 bits per heavy atom. The van der Waals surface area contributed by atoms with Gasteiger partial charge in [0.25, 0.3) is 0 Å². The molecule has 1 unspecified atom stereocenters. The van der Waals surface area contributed by atoms with Crippen LogP contribution in [-0.2, 0) is 0 Å². The van der Waals surface area contributed by atoms with Crippen molar-refractivity contribution in [1.29, 1.82) is 0 Å². The summed E-state index contributed by atoms with van der Waals surface area (Å²) in [6.07, 6.45) is 0. The van der Waals surface area contributed by atoms with Crippen LogP contribution in [-0.4, -0.2) is 0 Å². The largest absolute Gasteiger partial charge is 0.320 e. The van der Waals surface area contributed by atoms with E-state index in [9.17, 15) is 0 Å².